The second-order valence-electron chi connectivity index (χ2n) is 4.26. The van der Waals surface area contributed by atoms with Crippen LogP contribution in [-0.4, -0.2) is 6.29 Å². The first-order valence-electron chi connectivity index (χ1n) is 5.97. The monoisotopic (exact) mass is 314 g/mol. The lowest BCUT2D eigenvalue weighted by Crippen LogP contribution is -2.05. The molecule has 0 aliphatic carbocycles. The van der Waals surface area contributed by atoms with Crippen LogP contribution < -0.4 is 4.74 Å². The fourth-order valence-corrected chi connectivity index (χ4v) is 1.94. The highest BCUT2D eigenvalue weighted by Crippen LogP contribution is 2.37. The smallest absolute Gasteiger partial charge is 0.417 e. The third-order valence-electron chi connectivity index (χ3n) is 2.72. The van der Waals surface area contributed by atoms with Crippen molar-refractivity contribution in [1.29, 1.82) is 0 Å². The number of halogens is 4. The zero-order valence-corrected chi connectivity index (χ0v) is 11.4. The van der Waals surface area contributed by atoms with Crippen molar-refractivity contribution < 1.29 is 22.7 Å². The van der Waals surface area contributed by atoms with Crippen molar-refractivity contribution in [3.05, 3.63) is 58.6 Å². The molecule has 2 aromatic rings. The molecule has 6 heteroatoms. The molecule has 2 aromatic carbocycles. The Kier molecular flexibility index (Phi) is 4.53. The molecule has 0 radical (unpaired) electrons. The van der Waals surface area contributed by atoms with Crippen molar-refractivity contribution in [3.63, 3.8) is 0 Å². The highest BCUT2D eigenvalue weighted by atomic mass is 35.5. The summed E-state index contributed by atoms with van der Waals surface area (Å²) < 4.78 is 43.6. The van der Waals surface area contributed by atoms with Gasteiger partial charge >= 0.3 is 6.18 Å². The van der Waals surface area contributed by atoms with Crippen LogP contribution >= 0.6 is 11.6 Å². The van der Waals surface area contributed by atoms with Gasteiger partial charge in [-0.1, -0.05) is 23.7 Å². The quantitative estimate of drug-likeness (QED) is 0.751. The summed E-state index contributed by atoms with van der Waals surface area (Å²) in [6.45, 7) is 0. The summed E-state index contributed by atoms with van der Waals surface area (Å²) in [6.07, 6.45) is -3.49. The van der Waals surface area contributed by atoms with Gasteiger partial charge in [0.2, 0.25) is 0 Å². The van der Waals surface area contributed by atoms with Crippen LogP contribution in [0.5, 0.6) is 11.5 Å². The average Bonchev–Trinajstić information content (AvgIpc) is 2.42. The predicted molar refractivity (Wildman–Crippen MR) is 72.7 cm³/mol. The van der Waals surface area contributed by atoms with Crippen LogP contribution in [0.25, 0.3) is 0 Å². The normalized spacial score (nSPS) is 11.2. The number of hydrogen-bond donors (Lipinski definition) is 0. The van der Waals surface area contributed by atoms with Gasteiger partial charge in [0, 0.05) is 6.42 Å². The van der Waals surface area contributed by atoms with Gasteiger partial charge in [0.1, 0.15) is 17.8 Å². The minimum absolute atomic E-state index is 0.0369. The molecule has 0 fully saturated rings. The molecule has 0 N–H and O–H groups in total. The van der Waals surface area contributed by atoms with E-state index in [0.29, 0.717) is 5.75 Å². The molecule has 0 heterocycles. The first-order chi connectivity index (χ1) is 9.90. The molecule has 0 saturated heterocycles. The van der Waals surface area contributed by atoms with E-state index in [1.165, 1.54) is 6.07 Å². The molecule has 0 unspecified atom stereocenters. The summed E-state index contributed by atoms with van der Waals surface area (Å²) in [5.41, 5.74) is -0.149. The largest absolute Gasteiger partial charge is 0.457 e. The minimum Gasteiger partial charge on any atom is -0.457 e. The Morgan fingerprint density at radius 2 is 1.67 bits per heavy atom. The molecular weight excluding hydrogens is 305 g/mol. The summed E-state index contributed by atoms with van der Waals surface area (Å²) in [5.74, 6) is 0.412. The van der Waals surface area contributed by atoms with Crippen molar-refractivity contribution in [2.75, 3.05) is 0 Å². The van der Waals surface area contributed by atoms with E-state index in [-0.39, 0.29) is 17.2 Å². The Morgan fingerprint density at radius 1 is 1.05 bits per heavy atom. The molecule has 0 amide bonds. The molecular formula is C15H10ClF3O2. The van der Waals surface area contributed by atoms with E-state index in [2.05, 4.69) is 0 Å². The lowest BCUT2D eigenvalue weighted by Gasteiger charge is -2.12. The first kappa shape index (κ1) is 15.4. The standard InChI is InChI=1S/C15H10ClF3O2/c16-14-6-5-12(9-13(14)15(17,18)19)21-11-3-1-10(2-4-11)7-8-20/h1-6,8-9H,7H2. The molecule has 2 rings (SSSR count). The molecule has 2 nitrogen and oxygen atoms in total. The van der Waals surface area contributed by atoms with E-state index >= 15 is 0 Å². The van der Waals surface area contributed by atoms with Crippen LogP contribution in [0.3, 0.4) is 0 Å². The highest BCUT2D eigenvalue weighted by Gasteiger charge is 2.33. The van der Waals surface area contributed by atoms with Crippen LogP contribution in [0.2, 0.25) is 5.02 Å². The van der Waals surface area contributed by atoms with Crippen molar-refractivity contribution in [1.82, 2.24) is 0 Å². The van der Waals surface area contributed by atoms with E-state index in [4.69, 9.17) is 16.3 Å². The number of carbonyl (C=O) groups is 1. The van der Waals surface area contributed by atoms with Crippen molar-refractivity contribution >= 4 is 17.9 Å². The molecule has 0 bridgehead atoms. The number of alkyl halides is 3. The topological polar surface area (TPSA) is 26.3 Å². The van der Waals surface area contributed by atoms with Gasteiger partial charge in [0.25, 0.3) is 0 Å². The van der Waals surface area contributed by atoms with E-state index in [9.17, 15) is 18.0 Å². The van der Waals surface area contributed by atoms with Crippen LogP contribution in [0.4, 0.5) is 13.2 Å². The van der Waals surface area contributed by atoms with Gasteiger partial charge in [-0.3, -0.25) is 0 Å². The van der Waals surface area contributed by atoms with Gasteiger partial charge in [0.05, 0.1) is 10.6 Å². The first-order valence-corrected chi connectivity index (χ1v) is 6.35. The van der Waals surface area contributed by atoms with Gasteiger partial charge in [-0.25, -0.2) is 0 Å². The van der Waals surface area contributed by atoms with Crippen molar-refractivity contribution in [2.45, 2.75) is 12.6 Å². The molecule has 0 aliphatic rings. The van der Waals surface area contributed by atoms with Gasteiger partial charge in [-0.15, -0.1) is 0 Å². The second kappa shape index (κ2) is 6.18. The Morgan fingerprint density at radius 3 is 2.24 bits per heavy atom. The number of carbonyl (C=O) groups excluding carboxylic acids is 1. The number of ether oxygens (including phenoxy) is 1. The molecule has 0 spiro atoms. The predicted octanol–water partition coefficient (Wildman–Crippen LogP) is 4.89. The maximum absolute atomic E-state index is 12.7. The zero-order valence-electron chi connectivity index (χ0n) is 10.7. The number of hydrogen-bond acceptors (Lipinski definition) is 2. The lowest BCUT2D eigenvalue weighted by molar-refractivity contribution is -0.137. The third-order valence-corrected chi connectivity index (χ3v) is 3.05. The summed E-state index contributed by atoms with van der Waals surface area (Å²) in [7, 11) is 0. The summed E-state index contributed by atoms with van der Waals surface area (Å²) in [4.78, 5) is 10.4. The van der Waals surface area contributed by atoms with Crippen LogP contribution in [-0.2, 0) is 17.4 Å². The molecule has 110 valence electrons. The van der Waals surface area contributed by atoms with Crippen LogP contribution in [0.15, 0.2) is 42.5 Å². The molecule has 0 aromatic heterocycles. The maximum Gasteiger partial charge on any atom is 0.417 e. The zero-order chi connectivity index (χ0) is 15.5. The maximum atomic E-state index is 12.7. The minimum atomic E-state index is -4.54. The van der Waals surface area contributed by atoms with E-state index in [1.54, 1.807) is 24.3 Å². The van der Waals surface area contributed by atoms with E-state index < -0.39 is 11.7 Å². The van der Waals surface area contributed by atoms with Gasteiger partial charge in [0.15, 0.2) is 0 Å². The molecule has 0 saturated carbocycles. The fourth-order valence-electron chi connectivity index (χ4n) is 1.71. The van der Waals surface area contributed by atoms with Crippen molar-refractivity contribution in [3.8, 4) is 11.5 Å². The summed E-state index contributed by atoms with van der Waals surface area (Å²) in [6, 6.07) is 9.86. The van der Waals surface area contributed by atoms with Gasteiger partial charge < -0.3 is 9.53 Å². The van der Waals surface area contributed by atoms with E-state index in [1.807, 2.05) is 0 Å². The number of aldehydes is 1. The summed E-state index contributed by atoms with van der Waals surface area (Å²) >= 11 is 5.53. The van der Waals surface area contributed by atoms with E-state index in [0.717, 1.165) is 24.0 Å². The Labute approximate surface area is 124 Å². The second-order valence-corrected chi connectivity index (χ2v) is 4.66. The Bertz CT molecular complexity index is 636. The fraction of sp³-hybridized carbons (Fsp3) is 0.133. The Balaban J connectivity index is 2.21. The highest BCUT2D eigenvalue weighted by molar-refractivity contribution is 6.31. The van der Waals surface area contributed by atoms with Gasteiger partial charge in [-0.05, 0) is 35.9 Å². The van der Waals surface area contributed by atoms with Crippen LogP contribution in [0, 0.1) is 0 Å². The lowest BCUT2D eigenvalue weighted by atomic mass is 10.1. The summed E-state index contributed by atoms with van der Waals surface area (Å²) in [5, 5.41) is -0.379. The Hall–Kier alpha value is -2.01. The van der Waals surface area contributed by atoms with Crippen molar-refractivity contribution in [2.24, 2.45) is 0 Å². The van der Waals surface area contributed by atoms with Gasteiger partial charge in [-0.2, -0.15) is 13.2 Å². The molecule has 0 atom stereocenters. The van der Waals surface area contributed by atoms with Crippen LogP contribution in [0.1, 0.15) is 11.1 Å². The number of benzene rings is 2. The molecule has 21 heavy (non-hydrogen) atoms. The third kappa shape index (κ3) is 3.98. The average molecular weight is 315 g/mol. The number of rotatable bonds is 4. The SMILES string of the molecule is O=CCc1ccc(Oc2ccc(Cl)c(C(F)(F)F)c2)cc1. The molecule has 0 aliphatic heterocycles.